The van der Waals surface area contributed by atoms with Crippen molar-refractivity contribution in [2.75, 3.05) is 13.1 Å². The number of carbonyl (C=O) groups excluding carboxylic acids is 1. The van der Waals surface area contributed by atoms with Gasteiger partial charge in [-0.3, -0.25) is 4.79 Å². The molecule has 0 atom stereocenters. The Kier molecular flexibility index (Phi) is 7.77. The Hall–Kier alpha value is -3.57. The van der Waals surface area contributed by atoms with Gasteiger partial charge < -0.3 is 20.7 Å². The number of unbranched alkanes of at least 4 members (excludes halogenated alkanes) is 1. The zero-order chi connectivity index (χ0) is 22.9. The van der Waals surface area contributed by atoms with Crippen LogP contribution in [0.25, 0.3) is 10.9 Å². The maximum Gasteiger partial charge on any atom is 0.251 e. The standard InChI is InChI=1S/C28H31N3O2/c32-24-13-14-27-26(18-24)23(20-31-27)15-17-29-19-22-11-4-5-12-25(22)28(33)30-16-7-6-10-21-8-2-1-3-9-21/h1-5,8-9,11-14,18,20,29,31-32H,6-7,10,15-17,19H2,(H,30,33). The third-order valence-electron chi connectivity index (χ3n) is 5.92. The predicted molar refractivity (Wildman–Crippen MR) is 134 cm³/mol. The summed E-state index contributed by atoms with van der Waals surface area (Å²) in [7, 11) is 0. The molecule has 0 unspecified atom stereocenters. The van der Waals surface area contributed by atoms with Gasteiger partial charge in [0.25, 0.3) is 5.91 Å². The number of aromatic hydroxyl groups is 1. The summed E-state index contributed by atoms with van der Waals surface area (Å²) in [6.45, 7) is 2.09. The quantitative estimate of drug-likeness (QED) is 0.249. The van der Waals surface area contributed by atoms with Crippen LogP contribution >= 0.6 is 0 Å². The molecule has 0 aliphatic heterocycles. The van der Waals surface area contributed by atoms with E-state index in [2.05, 4.69) is 39.9 Å². The lowest BCUT2D eigenvalue weighted by Crippen LogP contribution is -2.27. The average molecular weight is 442 g/mol. The highest BCUT2D eigenvalue weighted by atomic mass is 16.3. The normalized spacial score (nSPS) is 11.0. The van der Waals surface area contributed by atoms with Gasteiger partial charge in [0.15, 0.2) is 0 Å². The summed E-state index contributed by atoms with van der Waals surface area (Å²) in [5.41, 5.74) is 5.24. The van der Waals surface area contributed by atoms with Crippen LogP contribution in [0, 0.1) is 0 Å². The van der Waals surface area contributed by atoms with Gasteiger partial charge >= 0.3 is 0 Å². The van der Waals surface area contributed by atoms with E-state index >= 15 is 0 Å². The van der Waals surface area contributed by atoms with E-state index in [-0.39, 0.29) is 11.7 Å². The van der Waals surface area contributed by atoms with Gasteiger partial charge in [0, 0.05) is 35.8 Å². The monoisotopic (exact) mass is 441 g/mol. The Balaban J connectivity index is 1.23. The first kappa shape index (κ1) is 22.6. The summed E-state index contributed by atoms with van der Waals surface area (Å²) < 4.78 is 0. The van der Waals surface area contributed by atoms with Crippen molar-refractivity contribution in [3.05, 3.63) is 101 Å². The zero-order valence-electron chi connectivity index (χ0n) is 18.8. The van der Waals surface area contributed by atoms with Crippen molar-refractivity contribution >= 4 is 16.8 Å². The maximum atomic E-state index is 12.7. The number of aryl methyl sites for hydroxylation is 1. The minimum Gasteiger partial charge on any atom is -0.508 e. The fourth-order valence-electron chi connectivity index (χ4n) is 4.11. The fraction of sp³-hybridized carbons (Fsp3) is 0.250. The summed E-state index contributed by atoms with van der Waals surface area (Å²) in [4.78, 5) is 16.0. The Morgan fingerprint density at radius 1 is 0.848 bits per heavy atom. The largest absolute Gasteiger partial charge is 0.508 e. The molecule has 0 fully saturated rings. The molecule has 0 saturated carbocycles. The van der Waals surface area contributed by atoms with E-state index in [4.69, 9.17) is 0 Å². The third-order valence-corrected chi connectivity index (χ3v) is 5.92. The second-order valence-corrected chi connectivity index (χ2v) is 8.33. The van der Waals surface area contributed by atoms with E-state index in [1.807, 2.05) is 42.6 Å². The van der Waals surface area contributed by atoms with Gasteiger partial charge in [0.1, 0.15) is 5.75 Å². The van der Waals surface area contributed by atoms with Gasteiger partial charge in [-0.2, -0.15) is 0 Å². The van der Waals surface area contributed by atoms with Crippen molar-refractivity contribution in [3.8, 4) is 5.75 Å². The van der Waals surface area contributed by atoms with Crippen LogP contribution in [0.4, 0.5) is 0 Å². The number of phenolic OH excluding ortho intramolecular Hbond substituents is 1. The summed E-state index contributed by atoms with van der Waals surface area (Å²) in [5.74, 6) is 0.260. The molecule has 5 nitrogen and oxygen atoms in total. The molecule has 33 heavy (non-hydrogen) atoms. The van der Waals surface area contributed by atoms with Crippen LogP contribution in [0.1, 0.15) is 39.9 Å². The third kappa shape index (κ3) is 6.24. The number of nitrogens with one attached hydrogen (secondary N) is 3. The predicted octanol–water partition coefficient (Wildman–Crippen LogP) is 4.96. The fourth-order valence-corrected chi connectivity index (χ4v) is 4.11. The Labute approximate surface area is 194 Å². The van der Waals surface area contributed by atoms with E-state index in [1.54, 1.807) is 12.1 Å². The molecule has 0 aliphatic rings. The second-order valence-electron chi connectivity index (χ2n) is 8.33. The summed E-state index contributed by atoms with van der Waals surface area (Å²) >= 11 is 0. The number of rotatable bonds is 11. The smallest absolute Gasteiger partial charge is 0.251 e. The zero-order valence-corrected chi connectivity index (χ0v) is 18.8. The SMILES string of the molecule is O=C(NCCCCc1ccccc1)c1ccccc1CNCCc1c[nH]c2ccc(O)cc12. The molecular formula is C28H31N3O2. The molecule has 170 valence electrons. The van der Waals surface area contributed by atoms with E-state index in [0.717, 1.165) is 59.8 Å². The highest BCUT2D eigenvalue weighted by molar-refractivity contribution is 5.95. The lowest BCUT2D eigenvalue weighted by molar-refractivity contribution is 0.0952. The highest BCUT2D eigenvalue weighted by Gasteiger charge is 2.10. The second kappa shape index (κ2) is 11.3. The van der Waals surface area contributed by atoms with Crippen molar-refractivity contribution in [3.63, 3.8) is 0 Å². The number of carbonyl (C=O) groups is 1. The number of aromatic amines is 1. The van der Waals surface area contributed by atoms with Gasteiger partial charge in [-0.25, -0.2) is 0 Å². The number of hydrogen-bond donors (Lipinski definition) is 4. The van der Waals surface area contributed by atoms with Crippen molar-refractivity contribution in [2.24, 2.45) is 0 Å². The lowest BCUT2D eigenvalue weighted by atomic mass is 10.1. The molecule has 4 aromatic rings. The van der Waals surface area contributed by atoms with Gasteiger partial charge in [0.05, 0.1) is 0 Å². The van der Waals surface area contributed by atoms with Crippen molar-refractivity contribution in [1.29, 1.82) is 0 Å². The number of hydrogen-bond acceptors (Lipinski definition) is 3. The van der Waals surface area contributed by atoms with Crippen molar-refractivity contribution < 1.29 is 9.90 Å². The number of phenols is 1. The molecule has 4 N–H and O–H groups in total. The molecule has 1 heterocycles. The van der Waals surface area contributed by atoms with Gasteiger partial charge in [0.2, 0.25) is 0 Å². The van der Waals surface area contributed by atoms with Gasteiger partial charge in [-0.15, -0.1) is 0 Å². The lowest BCUT2D eigenvalue weighted by Gasteiger charge is -2.11. The number of H-pyrrole nitrogens is 1. The molecule has 0 spiro atoms. The highest BCUT2D eigenvalue weighted by Crippen LogP contribution is 2.23. The van der Waals surface area contributed by atoms with Crippen LogP contribution in [0.5, 0.6) is 5.75 Å². The average Bonchev–Trinajstić information content (AvgIpc) is 3.24. The van der Waals surface area contributed by atoms with Gasteiger partial charge in [-0.05, 0) is 73.2 Å². The molecule has 0 aliphatic carbocycles. The van der Waals surface area contributed by atoms with Crippen LogP contribution in [-0.2, 0) is 19.4 Å². The van der Waals surface area contributed by atoms with Crippen LogP contribution in [0.15, 0.2) is 79.0 Å². The molecule has 4 rings (SSSR count). The van der Waals surface area contributed by atoms with E-state index in [0.29, 0.717) is 13.1 Å². The molecule has 1 aromatic heterocycles. The molecular weight excluding hydrogens is 410 g/mol. The summed E-state index contributed by atoms with van der Waals surface area (Å²) in [6, 6.07) is 23.6. The van der Waals surface area contributed by atoms with Crippen LogP contribution in [0.3, 0.4) is 0 Å². The first-order valence-electron chi connectivity index (χ1n) is 11.6. The minimum atomic E-state index is -0.0146. The van der Waals surface area contributed by atoms with Crippen molar-refractivity contribution in [1.82, 2.24) is 15.6 Å². The van der Waals surface area contributed by atoms with Crippen molar-refractivity contribution in [2.45, 2.75) is 32.2 Å². The first-order valence-corrected chi connectivity index (χ1v) is 11.6. The molecule has 5 heteroatoms. The summed E-state index contributed by atoms with van der Waals surface area (Å²) in [6.07, 6.45) is 5.87. The van der Waals surface area contributed by atoms with E-state index in [9.17, 15) is 9.90 Å². The molecule has 0 bridgehead atoms. The first-order chi connectivity index (χ1) is 16.2. The Morgan fingerprint density at radius 2 is 1.67 bits per heavy atom. The number of aromatic nitrogens is 1. The molecule has 1 amide bonds. The number of amides is 1. The topological polar surface area (TPSA) is 77.2 Å². The summed E-state index contributed by atoms with van der Waals surface area (Å²) in [5, 5.41) is 17.3. The maximum absolute atomic E-state index is 12.7. The Morgan fingerprint density at radius 3 is 2.55 bits per heavy atom. The number of benzene rings is 3. The minimum absolute atomic E-state index is 0.0146. The van der Waals surface area contributed by atoms with Gasteiger partial charge in [-0.1, -0.05) is 48.5 Å². The number of fused-ring (bicyclic) bond motifs is 1. The molecule has 0 saturated heterocycles. The molecule has 3 aromatic carbocycles. The van der Waals surface area contributed by atoms with Crippen LogP contribution in [-0.4, -0.2) is 29.1 Å². The van der Waals surface area contributed by atoms with Crippen LogP contribution < -0.4 is 10.6 Å². The van der Waals surface area contributed by atoms with E-state index < -0.39 is 0 Å². The Bertz CT molecular complexity index is 1180. The van der Waals surface area contributed by atoms with E-state index in [1.165, 1.54) is 5.56 Å². The molecule has 0 radical (unpaired) electrons. The van der Waals surface area contributed by atoms with Crippen LogP contribution in [0.2, 0.25) is 0 Å².